The molecule has 6 bridgehead atoms. The highest BCUT2D eigenvalue weighted by molar-refractivity contribution is 5.90. The molecule has 1 fully saturated rings. The lowest BCUT2D eigenvalue weighted by molar-refractivity contribution is -0.159. The highest BCUT2D eigenvalue weighted by atomic mass is 16.5. The van der Waals surface area contributed by atoms with Crippen molar-refractivity contribution >= 4 is 23.7 Å². The van der Waals surface area contributed by atoms with Crippen LogP contribution in [0.3, 0.4) is 0 Å². The van der Waals surface area contributed by atoms with Crippen molar-refractivity contribution in [2.24, 2.45) is 5.92 Å². The Morgan fingerprint density at radius 2 is 1.59 bits per heavy atom. The van der Waals surface area contributed by atoms with Crippen molar-refractivity contribution in [1.29, 1.82) is 0 Å². The molecule has 0 radical (unpaired) electrons. The fraction of sp³-hybridized carbons (Fsp3) is 0.467. The van der Waals surface area contributed by atoms with Gasteiger partial charge in [0.15, 0.2) is 6.10 Å². The molecule has 1 unspecified atom stereocenters. The molecule has 3 N–H and O–H groups in total. The molecule has 2 aromatic carbocycles. The Hall–Kier alpha value is -3.72. The first-order chi connectivity index (χ1) is 18.6. The average molecular weight is 535 g/mol. The van der Waals surface area contributed by atoms with E-state index in [1.807, 2.05) is 49.4 Å². The number of nitrogens with zero attached hydrogens (tertiary/aromatic N) is 1. The third kappa shape index (κ3) is 7.03. The summed E-state index contributed by atoms with van der Waals surface area (Å²) in [6.45, 7) is 7.52. The Bertz CT molecular complexity index is 1210. The van der Waals surface area contributed by atoms with Gasteiger partial charge in [0.1, 0.15) is 12.1 Å². The number of ether oxygens (including phenoxy) is 1. The monoisotopic (exact) mass is 534 g/mol. The molecule has 4 atom stereocenters. The van der Waals surface area contributed by atoms with Crippen LogP contribution in [0.15, 0.2) is 48.5 Å². The summed E-state index contributed by atoms with van der Waals surface area (Å²) in [4.78, 5) is 51.9. The Morgan fingerprint density at radius 1 is 0.872 bits per heavy atom. The van der Waals surface area contributed by atoms with E-state index in [4.69, 9.17) is 4.74 Å². The Kier molecular flexibility index (Phi) is 9.01. The van der Waals surface area contributed by atoms with Crippen molar-refractivity contribution in [2.75, 3.05) is 6.54 Å². The number of carbonyl (C=O) groups excluding carboxylic acids is 4. The van der Waals surface area contributed by atoms with Gasteiger partial charge >= 0.3 is 5.97 Å². The molecule has 9 nitrogen and oxygen atoms in total. The predicted octanol–water partition coefficient (Wildman–Crippen LogP) is 3.05. The molecule has 39 heavy (non-hydrogen) atoms. The van der Waals surface area contributed by atoms with E-state index in [-0.39, 0.29) is 30.2 Å². The molecule has 3 heterocycles. The van der Waals surface area contributed by atoms with Crippen molar-refractivity contribution in [3.63, 3.8) is 0 Å². The SMILES string of the molecule is CC(C)C1OC(=O)CCc2ccc(cc2)-c2cccc(c2)[C@@H](C)NC(=O)[C@@H]2CCCN(N2)C(=O)[C@H](C)NC1=O. The van der Waals surface area contributed by atoms with Gasteiger partial charge in [-0.05, 0) is 67.3 Å². The number of hydrogen-bond donors (Lipinski definition) is 3. The van der Waals surface area contributed by atoms with E-state index < -0.39 is 30.1 Å². The third-order valence-electron chi connectivity index (χ3n) is 7.27. The Labute approximate surface area is 229 Å². The summed E-state index contributed by atoms with van der Waals surface area (Å²) in [5, 5.41) is 7.16. The van der Waals surface area contributed by atoms with Crippen LogP contribution in [0.4, 0.5) is 0 Å². The van der Waals surface area contributed by atoms with Crippen LogP contribution in [0.5, 0.6) is 0 Å². The van der Waals surface area contributed by atoms with E-state index in [1.54, 1.807) is 20.8 Å². The summed E-state index contributed by atoms with van der Waals surface area (Å²) in [5.41, 5.74) is 7.03. The van der Waals surface area contributed by atoms with E-state index >= 15 is 0 Å². The zero-order chi connectivity index (χ0) is 28.1. The van der Waals surface area contributed by atoms with Gasteiger partial charge in [0.2, 0.25) is 5.91 Å². The molecule has 3 aliphatic rings. The molecule has 0 saturated carbocycles. The second-order valence-corrected chi connectivity index (χ2v) is 10.8. The maximum atomic E-state index is 13.1. The van der Waals surface area contributed by atoms with E-state index in [9.17, 15) is 19.2 Å². The second-order valence-electron chi connectivity index (χ2n) is 10.8. The number of carbonyl (C=O) groups is 4. The van der Waals surface area contributed by atoms with Gasteiger partial charge in [-0.1, -0.05) is 56.3 Å². The lowest BCUT2D eigenvalue weighted by Gasteiger charge is -2.35. The van der Waals surface area contributed by atoms with Crippen LogP contribution in [0, 0.1) is 5.92 Å². The number of hydrazine groups is 1. The maximum Gasteiger partial charge on any atom is 0.306 e. The van der Waals surface area contributed by atoms with Crippen LogP contribution in [0.25, 0.3) is 11.1 Å². The van der Waals surface area contributed by atoms with Crippen molar-refractivity contribution in [3.8, 4) is 11.1 Å². The van der Waals surface area contributed by atoms with Gasteiger partial charge in [0, 0.05) is 13.0 Å². The van der Waals surface area contributed by atoms with Crippen LogP contribution >= 0.6 is 0 Å². The molecular weight excluding hydrogens is 496 g/mol. The highest BCUT2D eigenvalue weighted by Gasteiger charge is 2.33. The maximum absolute atomic E-state index is 13.1. The number of benzene rings is 2. The summed E-state index contributed by atoms with van der Waals surface area (Å²) in [6.07, 6.45) is 0.820. The molecule has 3 aliphatic heterocycles. The lowest BCUT2D eigenvalue weighted by atomic mass is 9.98. The lowest BCUT2D eigenvalue weighted by Crippen LogP contribution is -2.61. The number of hydrogen-bond acceptors (Lipinski definition) is 6. The molecule has 0 spiro atoms. The van der Waals surface area contributed by atoms with E-state index in [0.717, 1.165) is 22.3 Å². The quantitative estimate of drug-likeness (QED) is 0.485. The minimum Gasteiger partial charge on any atom is -0.452 e. The first kappa shape index (κ1) is 28.3. The third-order valence-corrected chi connectivity index (χ3v) is 7.27. The molecule has 1 saturated heterocycles. The Morgan fingerprint density at radius 3 is 2.31 bits per heavy atom. The molecule has 0 aromatic heterocycles. The van der Waals surface area contributed by atoms with Crippen LogP contribution in [0.2, 0.25) is 0 Å². The van der Waals surface area contributed by atoms with Crippen molar-refractivity contribution in [2.45, 2.75) is 77.6 Å². The number of esters is 1. The summed E-state index contributed by atoms with van der Waals surface area (Å²) < 4.78 is 5.55. The summed E-state index contributed by atoms with van der Waals surface area (Å²) >= 11 is 0. The fourth-order valence-electron chi connectivity index (χ4n) is 4.91. The van der Waals surface area contributed by atoms with Gasteiger partial charge < -0.3 is 15.4 Å². The van der Waals surface area contributed by atoms with Crippen LogP contribution < -0.4 is 16.1 Å². The molecule has 9 heteroatoms. The van der Waals surface area contributed by atoms with Crippen molar-refractivity contribution < 1.29 is 23.9 Å². The molecule has 3 amide bonds. The molecular formula is C30H38N4O5. The standard InChI is InChI=1S/C30H38N4O5/c1-18(2)27-29(37)32-20(4)30(38)34-16-6-9-25(33-34)28(36)31-19(3)23-7-5-8-24(17-23)22-13-10-21(11-14-22)12-15-26(35)39-27/h5,7-8,10-11,13-14,17-20,25,27,33H,6,9,12,15-16H2,1-4H3,(H,31,36)(H,32,37)/t19-,20+,25+,27?/m1/s1. The van der Waals surface area contributed by atoms with Gasteiger partial charge in [-0.15, -0.1) is 0 Å². The van der Waals surface area contributed by atoms with Crippen LogP contribution in [0.1, 0.15) is 64.1 Å². The summed E-state index contributed by atoms with van der Waals surface area (Å²) in [5.74, 6) is -1.82. The summed E-state index contributed by atoms with van der Waals surface area (Å²) in [7, 11) is 0. The van der Waals surface area contributed by atoms with Gasteiger partial charge in [0.25, 0.3) is 11.8 Å². The van der Waals surface area contributed by atoms with Crippen LogP contribution in [-0.4, -0.2) is 53.4 Å². The first-order valence-electron chi connectivity index (χ1n) is 13.7. The van der Waals surface area contributed by atoms with E-state index in [0.29, 0.717) is 25.8 Å². The fourth-order valence-corrected chi connectivity index (χ4v) is 4.91. The number of nitrogens with one attached hydrogen (secondary N) is 3. The number of rotatable bonds is 1. The topological polar surface area (TPSA) is 117 Å². The normalized spacial score (nSPS) is 25.3. The number of amides is 3. The molecule has 208 valence electrons. The highest BCUT2D eigenvalue weighted by Crippen LogP contribution is 2.25. The zero-order valence-corrected chi connectivity index (χ0v) is 23.0. The van der Waals surface area contributed by atoms with Crippen LogP contribution in [-0.2, 0) is 30.3 Å². The Balaban J connectivity index is 1.61. The van der Waals surface area contributed by atoms with Gasteiger partial charge in [-0.25, -0.2) is 5.43 Å². The second kappa shape index (κ2) is 12.4. The van der Waals surface area contributed by atoms with Crippen molar-refractivity contribution in [3.05, 3.63) is 59.7 Å². The minimum absolute atomic E-state index is 0.135. The molecule has 5 rings (SSSR count). The molecule has 0 aliphatic carbocycles. The smallest absolute Gasteiger partial charge is 0.306 e. The first-order valence-corrected chi connectivity index (χ1v) is 13.7. The largest absolute Gasteiger partial charge is 0.452 e. The van der Waals surface area contributed by atoms with E-state index in [2.05, 4.69) is 22.1 Å². The average Bonchev–Trinajstić information content (AvgIpc) is 2.94. The molecule has 2 aromatic rings. The minimum atomic E-state index is -1.02. The summed E-state index contributed by atoms with van der Waals surface area (Å²) in [6, 6.07) is 14.3. The van der Waals surface area contributed by atoms with Gasteiger partial charge in [-0.2, -0.15) is 0 Å². The van der Waals surface area contributed by atoms with Gasteiger partial charge in [0.05, 0.1) is 6.04 Å². The van der Waals surface area contributed by atoms with E-state index in [1.165, 1.54) is 5.01 Å². The number of fused-ring (bicyclic) bond motifs is 12. The predicted molar refractivity (Wildman–Crippen MR) is 147 cm³/mol. The van der Waals surface area contributed by atoms with Gasteiger partial charge in [-0.3, -0.25) is 24.2 Å². The van der Waals surface area contributed by atoms with Crippen molar-refractivity contribution in [1.82, 2.24) is 21.1 Å². The number of aryl methyl sites for hydroxylation is 1. The zero-order valence-electron chi connectivity index (χ0n) is 23.0.